The summed E-state index contributed by atoms with van der Waals surface area (Å²) < 4.78 is 16.5. The van der Waals surface area contributed by atoms with Gasteiger partial charge < -0.3 is 14.2 Å². The van der Waals surface area contributed by atoms with Crippen molar-refractivity contribution in [3.8, 4) is 11.5 Å². The van der Waals surface area contributed by atoms with Gasteiger partial charge in [0.25, 0.3) is 0 Å². The standard InChI is InChI=1S/C32H37NO6/c1-18-9-11-20(3)25(15-18)29(26-16-19(2)10-12-21(26)4)23(6)38-32(36)22(5)17-27(35)30-31(39-24(7)34)28(37-8)13-14-33-30/h9-16,22-23,29H,17H2,1-8H3/t22-,23+/m1/s1. The van der Waals surface area contributed by atoms with Gasteiger partial charge in [0, 0.05) is 31.5 Å². The molecule has 2 aromatic carbocycles. The first-order valence-electron chi connectivity index (χ1n) is 13.0. The molecule has 0 aliphatic carbocycles. The number of nitrogens with zero attached hydrogens (tertiary/aromatic N) is 1. The molecule has 0 saturated heterocycles. The van der Waals surface area contributed by atoms with E-state index in [2.05, 4.69) is 55.2 Å². The summed E-state index contributed by atoms with van der Waals surface area (Å²) in [6.07, 6.45) is 0.725. The number of aromatic nitrogens is 1. The number of hydrogen-bond acceptors (Lipinski definition) is 7. The average Bonchev–Trinajstić information content (AvgIpc) is 2.87. The van der Waals surface area contributed by atoms with Crippen LogP contribution in [0.2, 0.25) is 0 Å². The normalized spacial score (nSPS) is 12.5. The molecule has 7 heteroatoms. The lowest BCUT2D eigenvalue weighted by atomic mass is 9.81. The number of Topliss-reactive ketones (excluding diaryl/α,β-unsaturated/α-hetero) is 1. The molecule has 3 rings (SSSR count). The Labute approximate surface area is 230 Å². The molecule has 0 saturated carbocycles. The molecule has 2 atom stereocenters. The largest absolute Gasteiger partial charge is 0.493 e. The smallest absolute Gasteiger partial charge is 0.309 e. The van der Waals surface area contributed by atoms with Crippen LogP contribution >= 0.6 is 0 Å². The number of aryl methyl sites for hydroxylation is 4. The molecule has 206 valence electrons. The van der Waals surface area contributed by atoms with Crippen molar-refractivity contribution in [1.29, 1.82) is 0 Å². The van der Waals surface area contributed by atoms with E-state index in [0.29, 0.717) is 0 Å². The fraction of sp³-hybridized carbons (Fsp3) is 0.375. The van der Waals surface area contributed by atoms with Crippen LogP contribution in [-0.4, -0.2) is 35.9 Å². The second-order valence-corrected chi connectivity index (χ2v) is 10.2. The zero-order valence-corrected chi connectivity index (χ0v) is 24.0. The zero-order chi connectivity index (χ0) is 28.9. The van der Waals surface area contributed by atoms with E-state index in [1.165, 1.54) is 26.3 Å². The van der Waals surface area contributed by atoms with Gasteiger partial charge in [0.2, 0.25) is 5.75 Å². The summed E-state index contributed by atoms with van der Waals surface area (Å²) in [4.78, 5) is 42.1. The molecule has 0 bridgehead atoms. The molecule has 39 heavy (non-hydrogen) atoms. The molecule has 3 aromatic rings. The number of methoxy groups -OCH3 is 1. The van der Waals surface area contributed by atoms with Crippen LogP contribution in [-0.2, 0) is 14.3 Å². The molecule has 0 aliphatic rings. The van der Waals surface area contributed by atoms with Gasteiger partial charge in [-0.3, -0.25) is 14.4 Å². The Kier molecular flexibility index (Phi) is 9.62. The van der Waals surface area contributed by atoms with E-state index in [-0.39, 0.29) is 29.5 Å². The lowest BCUT2D eigenvalue weighted by Crippen LogP contribution is -2.28. The number of rotatable bonds is 10. The minimum absolute atomic E-state index is 0.0589. The van der Waals surface area contributed by atoms with Gasteiger partial charge in [0.1, 0.15) is 6.10 Å². The average molecular weight is 532 g/mol. The lowest BCUT2D eigenvalue weighted by Gasteiger charge is -2.29. The number of carbonyl (C=O) groups excluding carboxylic acids is 3. The van der Waals surface area contributed by atoms with Gasteiger partial charge in [-0.05, 0) is 56.9 Å². The van der Waals surface area contributed by atoms with E-state index in [9.17, 15) is 14.4 Å². The van der Waals surface area contributed by atoms with Crippen molar-refractivity contribution in [2.75, 3.05) is 7.11 Å². The van der Waals surface area contributed by atoms with Crippen LogP contribution in [0.3, 0.4) is 0 Å². The Morgan fingerprint density at radius 1 is 0.872 bits per heavy atom. The summed E-state index contributed by atoms with van der Waals surface area (Å²) in [6, 6.07) is 14.1. The second kappa shape index (κ2) is 12.7. The van der Waals surface area contributed by atoms with Crippen molar-refractivity contribution in [3.63, 3.8) is 0 Å². The SMILES string of the molecule is COc1ccnc(C(=O)C[C@@H](C)C(=O)O[C@@H](C)C(c2cc(C)ccc2C)c2cc(C)ccc2C)c1OC(C)=O. The van der Waals surface area contributed by atoms with Crippen LogP contribution in [0.4, 0.5) is 0 Å². The summed E-state index contributed by atoms with van der Waals surface area (Å²) in [5.74, 6) is -2.35. The summed E-state index contributed by atoms with van der Waals surface area (Å²) in [7, 11) is 1.40. The maximum absolute atomic E-state index is 13.3. The highest BCUT2D eigenvalue weighted by Crippen LogP contribution is 2.36. The van der Waals surface area contributed by atoms with Gasteiger partial charge in [-0.25, -0.2) is 4.98 Å². The molecule has 0 radical (unpaired) electrons. The fourth-order valence-electron chi connectivity index (χ4n) is 4.72. The Morgan fingerprint density at radius 2 is 1.44 bits per heavy atom. The van der Waals surface area contributed by atoms with E-state index in [1.807, 2.05) is 20.8 Å². The third-order valence-electron chi connectivity index (χ3n) is 6.80. The molecule has 0 aliphatic heterocycles. The van der Waals surface area contributed by atoms with Crippen LogP contribution < -0.4 is 9.47 Å². The first-order valence-corrected chi connectivity index (χ1v) is 13.0. The topological polar surface area (TPSA) is 91.8 Å². The highest BCUT2D eigenvalue weighted by Gasteiger charge is 2.31. The molecule has 1 heterocycles. The number of ketones is 1. The summed E-state index contributed by atoms with van der Waals surface area (Å²) >= 11 is 0. The Hall–Kier alpha value is -4.00. The third kappa shape index (κ3) is 7.11. The number of esters is 2. The van der Waals surface area contributed by atoms with Crippen molar-refractivity contribution in [2.45, 2.75) is 66.9 Å². The highest BCUT2D eigenvalue weighted by molar-refractivity contribution is 5.99. The first-order chi connectivity index (χ1) is 18.4. The van der Waals surface area contributed by atoms with Crippen LogP contribution in [0, 0.1) is 33.6 Å². The summed E-state index contributed by atoms with van der Waals surface area (Å²) in [5, 5.41) is 0. The number of hydrogen-bond donors (Lipinski definition) is 0. The zero-order valence-electron chi connectivity index (χ0n) is 24.0. The molecule has 0 spiro atoms. The predicted molar refractivity (Wildman–Crippen MR) is 149 cm³/mol. The summed E-state index contributed by atoms with van der Waals surface area (Å²) in [6.45, 7) is 13.0. The van der Waals surface area contributed by atoms with Crippen LogP contribution in [0.25, 0.3) is 0 Å². The van der Waals surface area contributed by atoms with Crippen molar-refractivity contribution in [1.82, 2.24) is 4.98 Å². The van der Waals surface area contributed by atoms with Crippen molar-refractivity contribution in [2.24, 2.45) is 5.92 Å². The van der Waals surface area contributed by atoms with Gasteiger partial charge in [0.15, 0.2) is 17.2 Å². The minimum Gasteiger partial charge on any atom is -0.493 e. The number of pyridine rings is 1. The van der Waals surface area contributed by atoms with Gasteiger partial charge in [-0.1, -0.05) is 54.4 Å². The van der Waals surface area contributed by atoms with E-state index < -0.39 is 29.7 Å². The first kappa shape index (κ1) is 29.6. The van der Waals surface area contributed by atoms with Crippen molar-refractivity contribution in [3.05, 3.63) is 87.7 Å². The quantitative estimate of drug-likeness (QED) is 0.226. The molecular formula is C32H37NO6. The van der Waals surface area contributed by atoms with Gasteiger partial charge in [-0.15, -0.1) is 0 Å². The number of carbonyl (C=O) groups is 3. The molecular weight excluding hydrogens is 494 g/mol. The van der Waals surface area contributed by atoms with Crippen molar-refractivity contribution < 1.29 is 28.6 Å². The fourth-order valence-corrected chi connectivity index (χ4v) is 4.72. The third-order valence-corrected chi connectivity index (χ3v) is 6.80. The van der Waals surface area contributed by atoms with Crippen LogP contribution in [0.1, 0.15) is 77.0 Å². The van der Waals surface area contributed by atoms with E-state index in [0.717, 1.165) is 33.4 Å². The Morgan fingerprint density at radius 3 is 1.95 bits per heavy atom. The van der Waals surface area contributed by atoms with Gasteiger partial charge in [-0.2, -0.15) is 0 Å². The second-order valence-electron chi connectivity index (χ2n) is 10.2. The van der Waals surface area contributed by atoms with E-state index >= 15 is 0 Å². The summed E-state index contributed by atoms with van der Waals surface area (Å²) in [5.41, 5.74) is 6.59. The van der Waals surface area contributed by atoms with E-state index in [1.54, 1.807) is 6.92 Å². The molecule has 1 aromatic heterocycles. The number of benzene rings is 2. The molecule has 0 fully saturated rings. The van der Waals surface area contributed by atoms with Crippen LogP contribution in [0.15, 0.2) is 48.7 Å². The minimum atomic E-state index is -0.754. The molecule has 0 amide bonds. The maximum atomic E-state index is 13.3. The Bertz CT molecular complexity index is 1330. The van der Waals surface area contributed by atoms with Crippen molar-refractivity contribution >= 4 is 17.7 Å². The predicted octanol–water partition coefficient (Wildman–Crippen LogP) is 6.22. The van der Waals surface area contributed by atoms with Gasteiger partial charge in [0.05, 0.1) is 13.0 Å². The lowest BCUT2D eigenvalue weighted by molar-refractivity contribution is -0.153. The van der Waals surface area contributed by atoms with E-state index in [4.69, 9.17) is 14.2 Å². The van der Waals surface area contributed by atoms with Crippen LogP contribution in [0.5, 0.6) is 11.5 Å². The molecule has 7 nitrogen and oxygen atoms in total. The maximum Gasteiger partial charge on any atom is 0.309 e. The highest BCUT2D eigenvalue weighted by atomic mass is 16.6. The number of ether oxygens (including phenoxy) is 3. The monoisotopic (exact) mass is 531 g/mol. The Balaban J connectivity index is 1.87. The molecule has 0 N–H and O–H groups in total. The van der Waals surface area contributed by atoms with Gasteiger partial charge >= 0.3 is 11.9 Å². The molecule has 0 unspecified atom stereocenters.